The van der Waals surface area contributed by atoms with E-state index in [4.69, 9.17) is 14.5 Å². The summed E-state index contributed by atoms with van der Waals surface area (Å²) in [5, 5.41) is 11.6. The molecule has 3 rings (SSSR count). The maximum Gasteiger partial charge on any atom is 0.191 e. The SMILES string of the molecule is CCNC(=NCC1(N(C)C)CCOCC1)NC1CCc2nc(COC)nn2C1.I. The number of aryl methyl sites for hydroxylation is 1. The van der Waals surface area contributed by atoms with Crippen LogP contribution in [-0.4, -0.2) is 84.7 Å². The number of nitrogens with one attached hydrogen (secondary N) is 2. The number of rotatable bonds is 7. The van der Waals surface area contributed by atoms with Gasteiger partial charge in [-0.05, 0) is 40.3 Å². The fourth-order valence-corrected chi connectivity index (χ4v) is 3.91. The Labute approximate surface area is 191 Å². The van der Waals surface area contributed by atoms with Crippen molar-refractivity contribution in [3.05, 3.63) is 11.6 Å². The van der Waals surface area contributed by atoms with Crippen molar-refractivity contribution in [2.45, 2.75) is 57.3 Å². The second-order valence-corrected chi connectivity index (χ2v) is 7.87. The first-order valence-electron chi connectivity index (χ1n) is 10.3. The van der Waals surface area contributed by atoms with Gasteiger partial charge >= 0.3 is 0 Å². The van der Waals surface area contributed by atoms with Crippen LogP contribution in [0, 0.1) is 0 Å². The first-order valence-corrected chi connectivity index (χ1v) is 10.3. The minimum Gasteiger partial charge on any atom is -0.381 e. The van der Waals surface area contributed by atoms with Gasteiger partial charge in [-0.1, -0.05) is 0 Å². The summed E-state index contributed by atoms with van der Waals surface area (Å²) in [5.74, 6) is 2.67. The molecule has 0 aromatic carbocycles. The molecule has 0 radical (unpaired) electrons. The van der Waals surface area contributed by atoms with Crippen LogP contribution < -0.4 is 10.6 Å². The third-order valence-corrected chi connectivity index (χ3v) is 5.76. The summed E-state index contributed by atoms with van der Waals surface area (Å²) in [6.45, 7) is 6.56. The zero-order chi connectivity index (χ0) is 20.0. The number of hydrogen-bond acceptors (Lipinski definition) is 6. The molecule has 0 spiro atoms. The third kappa shape index (κ3) is 6.25. The van der Waals surface area contributed by atoms with Crippen molar-refractivity contribution in [1.82, 2.24) is 30.3 Å². The summed E-state index contributed by atoms with van der Waals surface area (Å²) in [6, 6.07) is 0.285. The van der Waals surface area contributed by atoms with Gasteiger partial charge in [0.1, 0.15) is 12.4 Å². The second kappa shape index (κ2) is 11.4. The molecule has 0 saturated carbocycles. The molecule has 10 heteroatoms. The number of halogens is 1. The molecule has 0 bridgehead atoms. The largest absolute Gasteiger partial charge is 0.381 e. The van der Waals surface area contributed by atoms with E-state index < -0.39 is 0 Å². The Balaban J connectivity index is 0.00000300. The summed E-state index contributed by atoms with van der Waals surface area (Å²) in [6.07, 6.45) is 3.95. The lowest BCUT2D eigenvalue weighted by atomic mass is 9.89. The van der Waals surface area contributed by atoms with Gasteiger partial charge in [0.15, 0.2) is 11.8 Å². The van der Waals surface area contributed by atoms with E-state index >= 15 is 0 Å². The van der Waals surface area contributed by atoms with Crippen LogP contribution in [0.3, 0.4) is 0 Å². The molecule has 166 valence electrons. The van der Waals surface area contributed by atoms with Gasteiger partial charge in [0.05, 0.1) is 13.1 Å². The van der Waals surface area contributed by atoms with Crippen molar-refractivity contribution >= 4 is 29.9 Å². The van der Waals surface area contributed by atoms with Gasteiger partial charge < -0.3 is 25.0 Å². The molecule has 0 aliphatic carbocycles. The normalized spacial score (nSPS) is 21.4. The first-order chi connectivity index (χ1) is 13.6. The number of aromatic nitrogens is 3. The van der Waals surface area contributed by atoms with Gasteiger partial charge in [-0.15, -0.1) is 24.0 Å². The maximum absolute atomic E-state index is 5.57. The van der Waals surface area contributed by atoms with Gasteiger partial charge in [0.25, 0.3) is 0 Å². The lowest BCUT2D eigenvalue weighted by Gasteiger charge is -2.41. The molecule has 1 aromatic rings. The minimum atomic E-state index is 0. The first kappa shape index (κ1) is 24.3. The quantitative estimate of drug-likeness (QED) is 0.315. The predicted molar refractivity (Wildman–Crippen MR) is 124 cm³/mol. The Morgan fingerprint density at radius 3 is 2.79 bits per heavy atom. The second-order valence-electron chi connectivity index (χ2n) is 7.87. The molecule has 29 heavy (non-hydrogen) atoms. The molecule has 1 unspecified atom stereocenters. The van der Waals surface area contributed by atoms with Crippen LogP contribution in [0.15, 0.2) is 4.99 Å². The Hall–Kier alpha value is -0.980. The van der Waals surface area contributed by atoms with Gasteiger partial charge in [0.2, 0.25) is 0 Å². The highest BCUT2D eigenvalue weighted by atomic mass is 127. The van der Waals surface area contributed by atoms with E-state index in [0.29, 0.717) is 6.61 Å². The number of aliphatic imine (C=N–C) groups is 1. The van der Waals surface area contributed by atoms with Gasteiger partial charge in [-0.3, -0.25) is 4.99 Å². The van der Waals surface area contributed by atoms with Crippen molar-refractivity contribution in [3.8, 4) is 0 Å². The summed E-state index contributed by atoms with van der Waals surface area (Å²) in [7, 11) is 5.96. The molecule has 0 amide bonds. The number of ether oxygens (including phenoxy) is 2. The van der Waals surface area contributed by atoms with Crippen LogP contribution in [0.2, 0.25) is 0 Å². The zero-order valence-corrected chi connectivity index (χ0v) is 20.4. The monoisotopic (exact) mass is 521 g/mol. The molecule has 2 aliphatic heterocycles. The Morgan fingerprint density at radius 2 is 2.14 bits per heavy atom. The lowest BCUT2D eigenvalue weighted by Crippen LogP contribution is -2.52. The topological polar surface area (TPSA) is 88.8 Å². The average Bonchev–Trinajstić information content (AvgIpc) is 3.09. The summed E-state index contributed by atoms with van der Waals surface area (Å²) < 4.78 is 12.7. The van der Waals surface area contributed by atoms with E-state index in [0.717, 1.165) is 76.1 Å². The number of methoxy groups -OCH3 is 1. The van der Waals surface area contributed by atoms with Crippen LogP contribution in [0.5, 0.6) is 0 Å². The Morgan fingerprint density at radius 1 is 1.38 bits per heavy atom. The highest BCUT2D eigenvalue weighted by Gasteiger charge is 2.34. The van der Waals surface area contributed by atoms with E-state index in [-0.39, 0.29) is 35.6 Å². The van der Waals surface area contributed by atoms with E-state index in [1.165, 1.54) is 0 Å². The molecule has 3 heterocycles. The van der Waals surface area contributed by atoms with Crippen molar-refractivity contribution in [2.24, 2.45) is 4.99 Å². The number of guanidine groups is 1. The number of hydrogen-bond donors (Lipinski definition) is 2. The average molecular weight is 521 g/mol. The molecule has 2 aliphatic rings. The van der Waals surface area contributed by atoms with Crippen molar-refractivity contribution in [1.29, 1.82) is 0 Å². The molecule has 1 fully saturated rings. The van der Waals surface area contributed by atoms with Crippen molar-refractivity contribution < 1.29 is 9.47 Å². The van der Waals surface area contributed by atoms with Crippen LogP contribution in [0.4, 0.5) is 0 Å². The van der Waals surface area contributed by atoms with E-state index in [1.54, 1.807) is 7.11 Å². The highest BCUT2D eigenvalue weighted by Crippen LogP contribution is 2.26. The fourth-order valence-electron chi connectivity index (χ4n) is 3.91. The molecule has 1 saturated heterocycles. The van der Waals surface area contributed by atoms with Gasteiger partial charge in [-0.2, -0.15) is 5.10 Å². The molecule has 2 N–H and O–H groups in total. The van der Waals surface area contributed by atoms with E-state index in [1.807, 2.05) is 4.68 Å². The third-order valence-electron chi connectivity index (χ3n) is 5.76. The Bertz CT molecular complexity index is 659. The molecule has 9 nitrogen and oxygen atoms in total. The maximum atomic E-state index is 5.57. The van der Waals surface area contributed by atoms with Crippen LogP contribution >= 0.6 is 24.0 Å². The number of likely N-dealkylation sites (N-methyl/N-ethyl adjacent to an activating group) is 1. The van der Waals surface area contributed by atoms with Crippen LogP contribution in [0.1, 0.15) is 37.8 Å². The van der Waals surface area contributed by atoms with Gasteiger partial charge in [0, 0.05) is 44.9 Å². The minimum absolute atomic E-state index is 0. The summed E-state index contributed by atoms with van der Waals surface area (Å²) in [5.41, 5.74) is 0.0707. The smallest absolute Gasteiger partial charge is 0.191 e. The van der Waals surface area contributed by atoms with Crippen molar-refractivity contribution in [2.75, 3.05) is 47.5 Å². The highest BCUT2D eigenvalue weighted by molar-refractivity contribution is 14.0. The molecule has 1 aromatic heterocycles. The zero-order valence-electron chi connectivity index (χ0n) is 18.1. The Kier molecular flexibility index (Phi) is 9.57. The predicted octanol–water partition coefficient (Wildman–Crippen LogP) is 1.02. The van der Waals surface area contributed by atoms with Crippen molar-refractivity contribution in [3.63, 3.8) is 0 Å². The molecular formula is C19H36IN7O2. The van der Waals surface area contributed by atoms with Crippen LogP contribution in [-0.2, 0) is 29.0 Å². The summed E-state index contributed by atoms with van der Waals surface area (Å²) >= 11 is 0. The molecular weight excluding hydrogens is 485 g/mol. The fraction of sp³-hybridized carbons (Fsp3) is 0.842. The van der Waals surface area contributed by atoms with E-state index in [9.17, 15) is 0 Å². The van der Waals surface area contributed by atoms with Crippen LogP contribution in [0.25, 0.3) is 0 Å². The number of nitrogens with zero attached hydrogens (tertiary/aromatic N) is 5. The lowest BCUT2D eigenvalue weighted by molar-refractivity contribution is -0.00255. The summed E-state index contributed by atoms with van der Waals surface area (Å²) in [4.78, 5) is 11.8. The standard InChI is InChI=1S/C19H35N7O2.HI/c1-5-20-18(21-14-19(25(2)3)8-10-28-11-9-19)22-15-6-7-17-23-16(13-27-4)24-26(17)12-15;/h15H,5-14H2,1-4H3,(H2,20,21,22);1H. The number of fused-ring (bicyclic) bond motifs is 1. The van der Waals surface area contributed by atoms with E-state index in [2.05, 4.69) is 46.6 Å². The molecule has 1 atom stereocenters. The van der Waals surface area contributed by atoms with Gasteiger partial charge in [-0.25, -0.2) is 9.67 Å².